The molecule has 2 heterocycles. The maximum absolute atomic E-state index is 13.7. The summed E-state index contributed by atoms with van der Waals surface area (Å²) in [6, 6.07) is 21.9. The Bertz CT molecular complexity index is 1280. The van der Waals surface area contributed by atoms with Crippen molar-refractivity contribution in [2.75, 3.05) is 48.3 Å². The summed E-state index contributed by atoms with van der Waals surface area (Å²) in [4.78, 5) is 17.1. The summed E-state index contributed by atoms with van der Waals surface area (Å²) >= 11 is 1.56. The average Bonchev–Trinajstić information content (AvgIpc) is 3.29. The van der Waals surface area contributed by atoms with E-state index < -0.39 is 11.8 Å². The van der Waals surface area contributed by atoms with E-state index in [0.717, 1.165) is 50.5 Å². The topological polar surface area (TPSA) is 60.5 Å². The Morgan fingerprint density at radius 1 is 0.941 bits per heavy atom. The second-order valence-corrected chi connectivity index (χ2v) is 9.15. The number of nitrogens with zero attached hydrogens (tertiary/aromatic N) is 3. The van der Waals surface area contributed by atoms with Crippen molar-refractivity contribution in [2.24, 2.45) is 0 Å². The Kier molecular flexibility index (Phi) is 6.69. The van der Waals surface area contributed by atoms with E-state index >= 15 is 0 Å². The molecule has 1 aliphatic heterocycles. The lowest BCUT2D eigenvalue weighted by atomic mass is 10.1. The van der Waals surface area contributed by atoms with Gasteiger partial charge in [0.25, 0.3) is 0 Å². The van der Waals surface area contributed by atoms with E-state index in [-0.39, 0.29) is 5.69 Å². The summed E-state index contributed by atoms with van der Waals surface area (Å²) in [6.45, 7) is 4.87. The molecule has 2 amide bonds. The number of piperazine rings is 1. The molecule has 5 rings (SSSR count). The van der Waals surface area contributed by atoms with E-state index in [2.05, 4.69) is 50.8 Å². The summed E-state index contributed by atoms with van der Waals surface area (Å²) in [7, 11) is 0. The van der Waals surface area contributed by atoms with Gasteiger partial charge in [0, 0.05) is 43.8 Å². The van der Waals surface area contributed by atoms with Crippen molar-refractivity contribution in [3.63, 3.8) is 0 Å². The zero-order valence-corrected chi connectivity index (χ0v) is 19.5. The minimum Gasteiger partial charge on any atom is -0.353 e. The highest BCUT2D eigenvalue weighted by atomic mass is 32.1. The fourth-order valence-corrected chi connectivity index (χ4v) is 5.02. The second-order valence-electron chi connectivity index (χ2n) is 8.34. The number of halogens is 1. The van der Waals surface area contributed by atoms with Gasteiger partial charge in [-0.3, -0.25) is 4.90 Å². The Morgan fingerprint density at radius 3 is 2.59 bits per heavy atom. The number of anilines is 3. The highest BCUT2D eigenvalue weighted by molar-refractivity contribution is 7.13. The predicted molar refractivity (Wildman–Crippen MR) is 137 cm³/mol. The first-order valence-electron chi connectivity index (χ1n) is 11.4. The number of carbonyl (C=O) groups is 1. The third kappa shape index (κ3) is 5.18. The van der Waals surface area contributed by atoms with Gasteiger partial charge in [0.1, 0.15) is 11.6 Å². The molecule has 1 aromatic heterocycles. The minimum atomic E-state index is -0.465. The number of urea groups is 1. The first-order valence-corrected chi connectivity index (χ1v) is 12.2. The van der Waals surface area contributed by atoms with Crippen LogP contribution >= 0.6 is 11.5 Å². The molecule has 2 N–H and O–H groups in total. The smallest absolute Gasteiger partial charge is 0.323 e. The lowest BCUT2D eigenvalue weighted by Gasteiger charge is -2.35. The molecule has 1 aliphatic rings. The van der Waals surface area contributed by atoms with Gasteiger partial charge in [-0.15, -0.1) is 0 Å². The van der Waals surface area contributed by atoms with Crippen LogP contribution in [0.25, 0.3) is 10.1 Å². The van der Waals surface area contributed by atoms with Gasteiger partial charge in [0.15, 0.2) is 0 Å². The quantitative estimate of drug-likeness (QED) is 0.390. The van der Waals surface area contributed by atoms with Crippen LogP contribution in [0.1, 0.15) is 5.56 Å². The number of fused-ring (bicyclic) bond motifs is 1. The third-order valence-corrected chi connectivity index (χ3v) is 6.87. The van der Waals surface area contributed by atoms with Crippen LogP contribution in [-0.2, 0) is 6.42 Å². The summed E-state index contributed by atoms with van der Waals surface area (Å²) in [5.41, 5.74) is 1.99. The highest BCUT2D eigenvalue weighted by Crippen LogP contribution is 2.29. The van der Waals surface area contributed by atoms with Crippen LogP contribution in [0.3, 0.4) is 0 Å². The first-order chi connectivity index (χ1) is 16.7. The van der Waals surface area contributed by atoms with Crippen molar-refractivity contribution in [3.8, 4) is 0 Å². The van der Waals surface area contributed by atoms with Crippen molar-refractivity contribution < 1.29 is 9.18 Å². The molecule has 1 saturated heterocycles. The summed E-state index contributed by atoms with van der Waals surface area (Å²) in [6.07, 6.45) is 0.893. The van der Waals surface area contributed by atoms with Gasteiger partial charge < -0.3 is 15.5 Å². The van der Waals surface area contributed by atoms with Crippen LogP contribution in [0.5, 0.6) is 0 Å². The van der Waals surface area contributed by atoms with E-state index in [4.69, 9.17) is 4.37 Å². The van der Waals surface area contributed by atoms with Crippen LogP contribution in [-0.4, -0.2) is 48.0 Å². The SMILES string of the molecule is O=C(Nc1cccc(CCN2CCN(c3nsc4ccccc34)CC2)c1)Nc1ccccc1F. The molecule has 0 atom stereocenters. The molecule has 174 valence electrons. The molecule has 0 radical (unpaired) electrons. The Hall–Kier alpha value is -3.49. The van der Waals surface area contributed by atoms with E-state index in [9.17, 15) is 9.18 Å². The maximum atomic E-state index is 13.7. The second kappa shape index (κ2) is 10.2. The molecule has 0 bridgehead atoms. The summed E-state index contributed by atoms with van der Waals surface area (Å²) in [5.74, 6) is 0.641. The molecule has 8 heteroatoms. The van der Waals surface area contributed by atoms with Gasteiger partial charge >= 0.3 is 6.03 Å². The van der Waals surface area contributed by atoms with E-state index in [1.54, 1.807) is 23.7 Å². The molecule has 0 aliphatic carbocycles. The normalized spacial score (nSPS) is 14.3. The number of aromatic nitrogens is 1. The van der Waals surface area contributed by atoms with E-state index in [1.165, 1.54) is 22.2 Å². The molecule has 0 unspecified atom stereocenters. The van der Waals surface area contributed by atoms with Gasteiger partial charge in [0.05, 0.1) is 10.4 Å². The fourth-order valence-electron chi connectivity index (χ4n) is 4.22. The molecular formula is C26H26FN5OS. The summed E-state index contributed by atoms with van der Waals surface area (Å²) < 4.78 is 19.7. The van der Waals surface area contributed by atoms with Crippen molar-refractivity contribution in [1.29, 1.82) is 0 Å². The lowest BCUT2D eigenvalue weighted by Crippen LogP contribution is -2.47. The van der Waals surface area contributed by atoms with Crippen LogP contribution in [0, 0.1) is 5.82 Å². The Labute approximate surface area is 202 Å². The molecule has 34 heavy (non-hydrogen) atoms. The molecule has 0 spiro atoms. The average molecular weight is 476 g/mol. The van der Waals surface area contributed by atoms with Crippen LogP contribution in [0.15, 0.2) is 72.8 Å². The van der Waals surface area contributed by atoms with Gasteiger partial charge in [0.2, 0.25) is 0 Å². The van der Waals surface area contributed by atoms with E-state index in [1.807, 2.05) is 18.2 Å². The standard InChI is InChI=1S/C26H26FN5OS/c27-22-9-2-3-10-23(22)29-26(33)28-20-7-5-6-19(18-20)12-13-31-14-16-32(17-15-31)25-21-8-1-4-11-24(21)34-30-25/h1-11,18H,12-17H2,(H2,28,29,33). The number of carbonyl (C=O) groups excluding carboxylic acids is 1. The molecule has 0 saturated carbocycles. The number of nitrogens with one attached hydrogen (secondary N) is 2. The number of hydrogen-bond donors (Lipinski definition) is 2. The molecule has 3 aromatic carbocycles. The third-order valence-electron chi connectivity index (χ3n) is 6.05. The van der Waals surface area contributed by atoms with Crippen molar-refractivity contribution in [1.82, 2.24) is 9.27 Å². The Morgan fingerprint density at radius 2 is 1.74 bits per heavy atom. The van der Waals surface area contributed by atoms with Crippen LogP contribution < -0.4 is 15.5 Å². The highest BCUT2D eigenvalue weighted by Gasteiger charge is 2.20. The van der Waals surface area contributed by atoms with Crippen molar-refractivity contribution >= 4 is 44.8 Å². The lowest BCUT2D eigenvalue weighted by molar-refractivity contribution is 0.260. The van der Waals surface area contributed by atoms with Crippen molar-refractivity contribution in [3.05, 3.63) is 84.2 Å². The van der Waals surface area contributed by atoms with E-state index in [0.29, 0.717) is 5.69 Å². The number of benzene rings is 3. The van der Waals surface area contributed by atoms with Gasteiger partial charge in [-0.25, -0.2) is 9.18 Å². The summed E-state index contributed by atoms with van der Waals surface area (Å²) in [5, 5.41) is 6.58. The van der Waals surface area contributed by atoms with Gasteiger partial charge in [-0.2, -0.15) is 4.37 Å². The predicted octanol–water partition coefficient (Wildman–Crippen LogP) is 5.44. The van der Waals surface area contributed by atoms with Crippen LogP contribution in [0.2, 0.25) is 0 Å². The fraction of sp³-hybridized carbons (Fsp3) is 0.231. The molecule has 6 nitrogen and oxygen atoms in total. The minimum absolute atomic E-state index is 0.154. The zero-order valence-electron chi connectivity index (χ0n) is 18.7. The van der Waals surface area contributed by atoms with Crippen LogP contribution in [0.4, 0.5) is 26.4 Å². The van der Waals surface area contributed by atoms with Crippen molar-refractivity contribution in [2.45, 2.75) is 6.42 Å². The first kappa shape index (κ1) is 22.3. The largest absolute Gasteiger partial charge is 0.353 e. The maximum Gasteiger partial charge on any atom is 0.323 e. The molecule has 4 aromatic rings. The number of amides is 2. The Balaban J connectivity index is 1.12. The number of hydrogen-bond acceptors (Lipinski definition) is 5. The molecule has 1 fully saturated rings. The number of rotatable bonds is 6. The number of para-hydroxylation sites is 1. The monoisotopic (exact) mass is 475 g/mol. The zero-order chi connectivity index (χ0) is 23.3. The van der Waals surface area contributed by atoms with Gasteiger partial charge in [-0.05, 0) is 59.9 Å². The van der Waals surface area contributed by atoms with Gasteiger partial charge in [-0.1, -0.05) is 36.4 Å². The molecular weight excluding hydrogens is 449 g/mol.